The van der Waals surface area contributed by atoms with Crippen molar-refractivity contribution in [3.63, 3.8) is 0 Å². The lowest BCUT2D eigenvalue weighted by molar-refractivity contribution is 0.0680. The average Bonchev–Trinajstić information content (AvgIpc) is 2.96. The summed E-state index contributed by atoms with van der Waals surface area (Å²) in [4.78, 5) is 19.4. The minimum atomic E-state index is 0.133. The molecule has 0 bridgehead atoms. The highest BCUT2D eigenvalue weighted by Crippen LogP contribution is 2.31. The van der Waals surface area contributed by atoms with Crippen LogP contribution in [0.1, 0.15) is 58.8 Å². The molecule has 0 saturated carbocycles. The van der Waals surface area contributed by atoms with E-state index in [2.05, 4.69) is 9.88 Å². The van der Waals surface area contributed by atoms with Gasteiger partial charge >= 0.3 is 0 Å². The molecule has 24 heavy (non-hydrogen) atoms. The van der Waals surface area contributed by atoms with Crippen LogP contribution in [0.3, 0.4) is 0 Å². The number of pyridine rings is 1. The van der Waals surface area contributed by atoms with Crippen LogP contribution in [-0.4, -0.2) is 22.3 Å². The molecular weight excluding hydrogens is 300 g/mol. The van der Waals surface area contributed by atoms with Crippen molar-refractivity contribution in [2.24, 2.45) is 0 Å². The summed E-state index contributed by atoms with van der Waals surface area (Å²) < 4.78 is 5.47. The van der Waals surface area contributed by atoms with Gasteiger partial charge in [-0.05, 0) is 53.8 Å². The maximum absolute atomic E-state index is 13.2. The third-order valence-electron chi connectivity index (χ3n) is 5.07. The van der Waals surface area contributed by atoms with Crippen molar-refractivity contribution in [2.45, 2.75) is 44.9 Å². The molecule has 0 spiro atoms. The molecule has 1 aromatic carbocycles. The van der Waals surface area contributed by atoms with Crippen LogP contribution in [0.4, 0.5) is 0 Å². The van der Waals surface area contributed by atoms with E-state index in [9.17, 15) is 4.79 Å². The lowest BCUT2D eigenvalue weighted by Gasteiger charge is -2.30. The van der Waals surface area contributed by atoms with E-state index in [1.165, 1.54) is 17.5 Å². The lowest BCUT2D eigenvalue weighted by Crippen LogP contribution is -2.34. The standard InChI is InChI=1S/C20H22N2O2/c23-20(16-5-6-17-13-24-14-18(17)12-16)22-11-3-1-2-4-19(22)15-7-9-21-10-8-15/h5-10,12,19H,1-4,11,13-14H2/t19-/m0/s1. The molecule has 3 heterocycles. The SMILES string of the molecule is O=C(c1ccc2c(c1)COC2)N1CCCCC[C@H]1c1ccncc1. The van der Waals surface area contributed by atoms with E-state index in [-0.39, 0.29) is 11.9 Å². The quantitative estimate of drug-likeness (QED) is 0.843. The Bertz CT molecular complexity index is 730. The van der Waals surface area contributed by atoms with E-state index in [1.54, 1.807) is 0 Å². The molecule has 4 nitrogen and oxygen atoms in total. The Labute approximate surface area is 142 Å². The predicted octanol–water partition coefficient (Wildman–Crippen LogP) is 3.87. The highest BCUT2D eigenvalue weighted by molar-refractivity contribution is 5.94. The van der Waals surface area contributed by atoms with Crippen LogP contribution in [0, 0.1) is 0 Å². The zero-order valence-electron chi connectivity index (χ0n) is 13.8. The van der Waals surface area contributed by atoms with Crippen LogP contribution in [0.2, 0.25) is 0 Å². The predicted molar refractivity (Wildman–Crippen MR) is 91.4 cm³/mol. The van der Waals surface area contributed by atoms with Gasteiger partial charge in [0.2, 0.25) is 0 Å². The molecule has 1 amide bonds. The minimum Gasteiger partial charge on any atom is -0.372 e. The molecule has 0 N–H and O–H groups in total. The van der Waals surface area contributed by atoms with Crippen molar-refractivity contribution in [3.8, 4) is 0 Å². The normalized spacial score (nSPS) is 20.5. The Morgan fingerprint density at radius 2 is 1.88 bits per heavy atom. The van der Waals surface area contributed by atoms with Crippen LogP contribution < -0.4 is 0 Å². The fraction of sp³-hybridized carbons (Fsp3) is 0.400. The van der Waals surface area contributed by atoms with E-state index in [4.69, 9.17) is 4.74 Å². The van der Waals surface area contributed by atoms with Crippen molar-refractivity contribution in [3.05, 3.63) is 65.0 Å². The van der Waals surface area contributed by atoms with E-state index in [1.807, 2.05) is 42.7 Å². The highest BCUT2D eigenvalue weighted by Gasteiger charge is 2.28. The Hall–Kier alpha value is -2.20. The number of fused-ring (bicyclic) bond motifs is 1. The van der Waals surface area contributed by atoms with Gasteiger partial charge in [0.1, 0.15) is 0 Å². The summed E-state index contributed by atoms with van der Waals surface area (Å²) >= 11 is 0. The molecule has 0 radical (unpaired) electrons. The number of amides is 1. The second-order valence-corrected chi connectivity index (χ2v) is 6.62. The number of benzene rings is 1. The van der Waals surface area contributed by atoms with Crippen molar-refractivity contribution >= 4 is 5.91 Å². The molecule has 2 aromatic rings. The number of carbonyl (C=O) groups excluding carboxylic acids is 1. The first-order chi connectivity index (χ1) is 11.8. The van der Waals surface area contributed by atoms with E-state index in [0.29, 0.717) is 13.2 Å². The fourth-order valence-corrected chi connectivity index (χ4v) is 3.75. The first-order valence-corrected chi connectivity index (χ1v) is 8.73. The zero-order valence-corrected chi connectivity index (χ0v) is 13.8. The molecule has 0 aliphatic carbocycles. The summed E-state index contributed by atoms with van der Waals surface area (Å²) in [7, 11) is 0. The van der Waals surface area contributed by atoms with Gasteiger partial charge in [0, 0.05) is 24.5 Å². The Morgan fingerprint density at radius 3 is 2.75 bits per heavy atom. The Balaban J connectivity index is 1.65. The smallest absolute Gasteiger partial charge is 0.254 e. The highest BCUT2D eigenvalue weighted by atomic mass is 16.5. The van der Waals surface area contributed by atoms with Crippen molar-refractivity contribution in [2.75, 3.05) is 6.54 Å². The topological polar surface area (TPSA) is 42.4 Å². The van der Waals surface area contributed by atoms with Crippen molar-refractivity contribution in [1.82, 2.24) is 9.88 Å². The van der Waals surface area contributed by atoms with Crippen LogP contribution in [0.25, 0.3) is 0 Å². The number of likely N-dealkylation sites (tertiary alicyclic amines) is 1. The van der Waals surface area contributed by atoms with Gasteiger partial charge in [-0.2, -0.15) is 0 Å². The maximum atomic E-state index is 13.2. The maximum Gasteiger partial charge on any atom is 0.254 e. The first-order valence-electron chi connectivity index (χ1n) is 8.73. The van der Waals surface area contributed by atoms with Gasteiger partial charge in [0.15, 0.2) is 0 Å². The number of carbonyl (C=O) groups is 1. The van der Waals surface area contributed by atoms with Crippen LogP contribution in [-0.2, 0) is 18.0 Å². The van der Waals surface area contributed by atoms with Gasteiger partial charge < -0.3 is 9.64 Å². The van der Waals surface area contributed by atoms with Crippen molar-refractivity contribution < 1.29 is 9.53 Å². The Morgan fingerprint density at radius 1 is 1.04 bits per heavy atom. The van der Waals surface area contributed by atoms with Gasteiger partial charge in [-0.3, -0.25) is 9.78 Å². The van der Waals surface area contributed by atoms with Crippen LogP contribution in [0.5, 0.6) is 0 Å². The molecule has 124 valence electrons. The molecule has 1 saturated heterocycles. The van der Waals surface area contributed by atoms with Gasteiger partial charge in [-0.15, -0.1) is 0 Å². The minimum absolute atomic E-state index is 0.133. The number of nitrogens with zero attached hydrogens (tertiary/aromatic N) is 2. The number of rotatable bonds is 2. The molecule has 1 atom stereocenters. The second-order valence-electron chi connectivity index (χ2n) is 6.62. The first kappa shape index (κ1) is 15.3. The summed E-state index contributed by atoms with van der Waals surface area (Å²) in [5.74, 6) is 0.133. The summed E-state index contributed by atoms with van der Waals surface area (Å²) in [5, 5.41) is 0. The average molecular weight is 322 g/mol. The molecule has 4 heteroatoms. The summed E-state index contributed by atoms with van der Waals surface area (Å²) in [6.07, 6.45) is 8.06. The number of hydrogen-bond donors (Lipinski definition) is 0. The summed E-state index contributed by atoms with van der Waals surface area (Å²) in [5.41, 5.74) is 4.31. The summed E-state index contributed by atoms with van der Waals surface area (Å²) in [6.45, 7) is 2.09. The lowest BCUT2D eigenvalue weighted by atomic mass is 10.00. The van der Waals surface area contributed by atoms with E-state index in [0.717, 1.165) is 36.9 Å². The molecule has 1 aromatic heterocycles. The van der Waals surface area contributed by atoms with Gasteiger partial charge in [0.05, 0.1) is 19.3 Å². The van der Waals surface area contributed by atoms with E-state index < -0.39 is 0 Å². The van der Waals surface area contributed by atoms with Gasteiger partial charge in [-0.25, -0.2) is 0 Å². The molecular formula is C20H22N2O2. The molecule has 4 rings (SSSR count). The molecule has 0 unspecified atom stereocenters. The largest absolute Gasteiger partial charge is 0.372 e. The van der Waals surface area contributed by atoms with E-state index >= 15 is 0 Å². The van der Waals surface area contributed by atoms with Gasteiger partial charge in [0.25, 0.3) is 5.91 Å². The zero-order chi connectivity index (χ0) is 16.4. The molecule has 2 aliphatic rings. The van der Waals surface area contributed by atoms with Crippen LogP contribution >= 0.6 is 0 Å². The third kappa shape index (κ3) is 2.94. The Kier molecular flexibility index (Phi) is 4.30. The van der Waals surface area contributed by atoms with Gasteiger partial charge in [-0.1, -0.05) is 18.9 Å². The number of ether oxygens (including phenoxy) is 1. The van der Waals surface area contributed by atoms with Crippen molar-refractivity contribution in [1.29, 1.82) is 0 Å². The second kappa shape index (κ2) is 6.73. The van der Waals surface area contributed by atoms with Crippen LogP contribution in [0.15, 0.2) is 42.7 Å². The fourth-order valence-electron chi connectivity index (χ4n) is 3.75. The third-order valence-corrected chi connectivity index (χ3v) is 5.07. The number of aromatic nitrogens is 1. The summed E-state index contributed by atoms with van der Waals surface area (Å²) in [6, 6.07) is 10.2. The number of hydrogen-bond acceptors (Lipinski definition) is 3. The molecule has 2 aliphatic heterocycles. The monoisotopic (exact) mass is 322 g/mol. The molecule has 1 fully saturated rings.